The van der Waals surface area contributed by atoms with Gasteiger partial charge in [0.1, 0.15) is 5.75 Å². The Morgan fingerprint density at radius 2 is 2.11 bits per heavy atom. The lowest BCUT2D eigenvalue weighted by Gasteiger charge is -2.18. The smallest absolute Gasteiger partial charge is 0.415 e. The third kappa shape index (κ3) is 4.85. The average molecular weight is 309 g/mol. The fourth-order valence-corrected chi connectivity index (χ4v) is 4.91. The Bertz CT molecular complexity index is 439. The van der Waals surface area contributed by atoms with E-state index in [9.17, 15) is 4.57 Å². The molecule has 6 heteroatoms. The molecule has 3 nitrogen and oxygen atoms in total. The molecule has 1 atom stereocenters. The number of benzene rings is 1. The Labute approximate surface area is 117 Å². The first-order chi connectivity index (χ1) is 8.50. The predicted molar refractivity (Wildman–Crippen MR) is 78.8 cm³/mol. The van der Waals surface area contributed by atoms with Crippen LogP contribution in [0.1, 0.15) is 25.8 Å². The summed E-state index contributed by atoms with van der Waals surface area (Å²) in [5, 5.41) is 0.442. The van der Waals surface area contributed by atoms with Gasteiger partial charge in [0, 0.05) is 5.75 Å². The Balaban J connectivity index is 2.88. The van der Waals surface area contributed by atoms with E-state index in [-0.39, 0.29) is 0 Å². The maximum atomic E-state index is 12.5. The molecule has 0 aromatic heterocycles. The largest absolute Gasteiger partial charge is 0.440 e. The van der Waals surface area contributed by atoms with Crippen LogP contribution in [0.15, 0.2) is 18.2 Å². The van der Waals surface area contributed by atoms with E-state index in [1.54, 1.807) is 19.1 Å². The second-order valence-electron chi connectivity index (χ2n) is 3.72. The van der Waals surface area contributed by atoms with Crippen LogP contribution in [0.2, 0.25) is 5.02 Å². The molecule has 0 aliphatic heterocycles. The van der Waals surface area contributed by atoms with Crippen molar-refractivity contribution >= 4 is 29.8 Å². The Morgan fingerprint density at radius 1 is 1.39 bits per heavy atom. The van der Waals surface area contributed by atoms with E-state index >= 15 is 0 Å². The standard InChI is InChI=1S/C12H18ClO3PS/c1-4-8-18-17(14,15-5-2)16-12-9-10(3)6-7-11(12)13/h6-7,9H,4-5,8H2,1-3H3. The first-order valence-electron chi connectivity index (χ1n) is 5.85. The van der Waals surface area contributed by atoms with Gasteiger partial charge >= 0.3 is 6.80 Å². The number of rotatable bonds is 7. The van der Waals surface area contributed by atoms with Gasteiger partial charge in [0.05, 0.1) is 11.6 Å². The minimum absolute atomic E-state index is 0.345. The SMILES string of the molecule is CCCSP(=O)(OCC)Oc1cc(C)ccc1Cl. The lowest BCUT2D eigenvalue weighted by molar-refractivity contribution is 0.296. The highest BCUT2D eigenvalue weighted by molar-refractivity contribution is 8.55. The summed E-state index contributed by atoms with van der Waals surface area (Å²) in [6, 6.07) is 5.37. The molecule has 18 heavy (non-hydrogen) atoms. The van der Waals surface area contributed by atoms with Gasteiger partial charge in [-0.1, -0.05) is 24.6 Å². The first-order valence-corrected chi connectivity index (χ1v) is 9.36. The summed E-state index contributed by atoms with van der Waals surface area (Å²) in [6.07, 6.45) is 0.909. The molecular weight excluding hydrogens is 291 g/mol. The van der Waals surface area contributed by atoms with Gasteiger partial charge in [0.25, 0.3) is 0 Å². The highest BCUT2D eigenvalue weighted by atomic mass is 35.5. The van der Waals surface area contributed by atoms with E-state index in [0.29, 0.717) is 17.4 Å². The van der Waals surface area contributed by atoms with Crippen LogP contribution in [0.25, 0.3) is 0 Å². The molecule has 0 spiro atoms. The van der Waals surface area contributed by atoms with E-state index in [1.807, 2.05) is 19.9 Å². The molecule has 102 valence electrons. The Kier molecular flexibility index (Phi) is 6.58. The van der Waals surface area contributed by atoms with Crippen molar-refractivity contribution in [3.05, 3.63) is 28.8 Å². The molecular formula is C12H18ClO3PS. The molecule has 0 bridgehead atoms. The minimum atomic E-state index is -3.17. The summed E-state index contributed by atoms with van der Waals surface area (Å²) < 4.78 is 23.3. The highest BCUT2D eigenvalue weighted by Gasteiger charge is 2.27. The summed E-state index contributed by atoms with van der Waals surface area (Å²) in [7, 11) is 0. The maximum Gasteiger partial charge on any atom is 0.440 e. The highest BCUT2D eigenvalue weighted by Crippen LogP contribution is 2.60. The lowest BCUT2D eigenvalue weighted by atomic mass is 10.2. The van der Waals surface area contributed by atoms with Crippen molar-refractivity contribution in [1.82, 2.24) is 0 Å². The zero-order valence-corrected chi connectivity index (χ0v) is 13.3. The van der Waals surface area contributed by atoms with Gasteiger partial charge in [0.15, 0.2) is 0 Å². The molecule has 1 aromatic rings. The van der Waals surface area contributed by atoms with E-state index in [2.05, 4.69) is 0 Å². The van der Waals surface area contributed by atoms with E-state index in [1.165, 1.54) is 11.4 Å². The molecule has 0 N–H and O–H groups in total. The van der Waals surface area contributed by atoms with Crippen LogP contribution in [0.5, 0.6) is 5.75 Å². The van der Waals surface area contributed by atoms with Gasteiger partial charge in [0.2, 0.25) is 0 Å². The number of hydrogen-bond donors (Lipinski definition) is 0. The number of aryl methyl sites for hydroxylation is 1. The molecule has 0 aliphatic carbocycles. The molecule has 0 aliphatic rings. The zero-order valence-electron chi connectivity index (χ0n) is 10.8. The van der Waals surface area contributed by atoms with Crippen molar-refractivity contribution in [3.63, 3.8) is 0 Å². The molecule has 0 amide bonds. The fraction of sp³-hybridized carbons (Fsp3) is 0.500. The summed E-state index contributed by atoms with van der Waals surface area (Å²) in [5.74, 6) is 1.14. The molecule has 1 rings (SSSR count). The van der Waals surface area contributed by atoms with E-state index in [0.717, 1.165) is 17.7 Å². The average Bonchev–Trinajstić information content (AvgIpc) is 2.32. The van der Waals surface area contributed by atoms with Crippen molar-refractivity contribution in [2.24, 2.45) is 0 Å². The Hall–Kier alpha value is -0.150. The van der Waals surface area contributed by atoms with Crippen LogP contribution in [-0.4, -0.2) is 12.4 Å². The number of hydrogen-bond acceptors (Lipinski definition) is 4. The molecule has 1 unspecified atom stereocenters. The maximum absolute atomic E-state index is 12.5. The Morgan fingerprint density at radius 3 is 2.72 bits per heavy atom. The molecule has 0 radical (unpaired) electrons. The van der Waals surface area contributed by atoms with Gasteiger partial charge < -0.3 is 4.52 Å². The van der Waals surface area contributed by atoms with Crippen LogP contribution in [0, 0.1) is 6.92 Å². The van der Waals surface area contributed by atoms with Crippen LogP contribution < -0.4 is 4.52 Å². The van der Waals surface area contributed by atoms with Crippen LogP contribution in [0.4, 0.5) is 0 Å². The summed E-state index contributed by atoms with van der Waals surface area (Å²) in [6.45, 7) is 2.91. The lowest BCUT2D eigenvalue weighted by Crippen LogP contribution is -1.97. The van der Waals surface area contributed by atoms with Crippen LogP contribution in [-0.2, 0) is 9.09 Å². The third-order valence-electron chi connectivity index (χ3n) is 2.04. The van der Waals surface area contributed by atoms with Crippen molar-refractivity contribution < 1.29 is 13.6 Å². The van der Waals surface area contributed by atoms with Crippen LogP contribution in [0.3, 0.4) is 0 Å². The molecule has 0 saturated carbocycles. The first kappa shape index (κ1) is 15.9. The van der Waals surface area contributed by atoms with Crippen molar-refractivity contribution in [2.45, 2.75) is 27.2 Å². The van der Waals surface area contributed by atoms with Gasteiger partial charge in [-0.05, 0) is 49.3 Å². The van der Waals surface area contributed by atoms with Crippen molar-refractivity contribution in [2.75, 3.05) is 12.4 Å². The summed E-state index contributed by atoms with van der Waals surface area (Å²) in [5.41, 5.74) is 0.998. The van der Waals surface area contributed by atoms with E-state index in [4.69, 9.17) is 20.6 Å². The van der Waals surface area contributed by atoms with Crippen molar-refractivity contribution in [3.8, 4) is 5.75 Å². The monoisotopic (exact) mass is 308 g/mol. The topological polar surface area (TPSA) is 35.5 Å². The van der Waals surface area contributed by atoms with Gasteiger partial charge in [-0.3, -0.25) is 4.52 Å². The zero-order chi connectivity index (χ0) is 13.6. The van der Waals surface area contributed by atoms with Crippen molar-refractivity contribution in [1.29, 1.82) is 0 Å². The molecule has 0 fully saturated rings. The fourth-order valence-electron chi connectivity index (χ4n) is 1.25. The predicted octanol–water partition coefficient (Wildman–Crippen LogP) is 5.32. The second kappa shape index (κ2) is 7.44. The normalized spacial score (nSPS) is 14.2. The van der Waals surface area contributed by atoms with Crippen LogP contribution >= 0.6 is 29.8 Å². The quantitative estimate of drug-likeness (QED) is 0.639. The molecule has 1 aromatic carbocycles. The molecule has 0 heterocycles. The summed E-state index contributed by atoms with van der Waals surface area (Å²) in [4.78, 5) is 0. The third-order valence-corrected chi connectivity index (χ3v) is 6.29. The number of halogens is 1. The van der Waals surface area contributed by atoms with Gasteiger partial charge in [-0.2, -0.15) is 0 Å². The second-order valence-corrected chi connectivity index (χ2v) is 8.25. The molecule has 0 saturated heterocycles. The van der Waals surface area contributed by atoms with Gasteiger partial charge in [-0.25, -0.2) is 4.57 Å². The van der Waals surface area contributed by atoms with Gasteiger partial charge in [-0.15, -0.1) is 0 Å². The van der Waals surface area contributed by atoms with E-state index < -0.39 is 6.80 Å². The summed E-state index contributed by atoms with van der Waals surface area (Å²) >= 11 is 7.24. The minimum Gasteiger partial charge on any atom is -0.415 e.